The first-order chi connectivity index (χ1) is 9.15. The van der Waals surface area contributed by atoms with Gasteiger partial charge in [-0.25, -0.2) is 0 Å². The fraction of sp³-hybridized carbons (Fsp3) is 0.857. The summed E-state index contributed by atoms with van der Waals surface area (Å²) < 4.78 is 0. The number of rotatable bonds is 3. The van der Waals surface area contributed by atoms with Gasteiger partial charge in [-0.3, -0.25) is 4.79 Å². The molecule has 5 heteroatoms. The average Bonchev–Trinajstić information content (AvgIpc) is 2.61. The van der Waals surface area contributed by atoms with Crippen molar-refractivity contribution in [1.82, 2.24) is 4.90 Å². The van der Waals surface area contributed by atoms with Crippen molar-refractivity contribution in [1.29, 1.82) is 0 Å². The second-order valence-corrected chi connectivity index (χ2v) is 5.83. The molecular weight excluding hydrogens is 242 g/mol. The van der Waals surface area contributed by atoms with Crippen LogP contribution in [-0.2, 0) is 4.79 Å². The van der Waals surface area contributed by atoms with Crippen molar-refractivity contribution in [2.24, 2.45) is 16.3 Å². The Balaban J connectivity index is 2.20. The minimum Gasteiger partial charge on any atom is -0.409 e. The molecule has 108 valence electrons. The highest BCUT2D eigenvalue weighted by Crippen LogP contribution is 2.43. The van der Waals surface area contributed by atoms with Crippen LogP contribution in [0.15, 0.2) is 5.16 Å². The van der Waals surface area contributed by atoms with Gasteiger partial charge in [-0.1, -0.05) is 31.3 Å². The van der Waals surface area contributed by atoms with Gasteiger partial charge in [0.25, 0.3) is 0 Å². The summed E-state index contributed by atoms with van der Waals surface area (Å²) in [7, 11) is 0. The highest BCUT2D eigenvalue weighted by Gasteiger charge is 2.51. The Morgan fingerprint density at radius 2 is 2.11 bits per heavy atom. The molecule has 1 saturated heterocycles. The number of likely N-dealkylation sites (tertiary alicyclic amines) is 1. The third-order valence-electron chi connectivity index (χ3n) is 4.82. The summed E-state index contributed by atoms with van der Waals surface area (Å²) in [5, 5.41) is 12.1. The quantitative estimate of drug-likeness (QED) is 0.355. The van der Waals surface area contributed by atoms with Gasteiger partial charge < -0.3 is 15.8 Å². The van der Waals surface area contributed by atoms with Crippen molar-refractivity contribution in [2.75, 3.05) is 6.54 Å². The zero-order chi connectivity index (χ0) is 13.9. The number of amides is 1. The van der Waals surface area contributed by atoms with Crippen molar-refractivity contribution in [3.05, 3.63) is 0 Å². The maximum absolute atomic E-state index is 12.9. The molecule has 3 N–H and O–H groups in total. The van der Waals surface area contributed by atoms with Crippen LogP contribution in [0.3, 0.4) is 0 Å². The molecule has 1 aliphatic heterocycles. The predicted molar refractivity (Wildman–Crippen MR) is 74.0 cm³/mol. The molecule has 2 rings (SSSR count). The van der Waals surface area contributed by atoms with E-state index in [1.54, 1.807) is 0 Å². The Hall–Kier alpha value is -1.26. The average molecular weight is 267 g/mol. The maximum Gasteiger partial charge on any atom is 0.236 e. The zero-order valence-corrected chi connectivity index (χ0v) is 11.8. The van der Waals surface area contributed by atoms with Crippen molar-refractivity contribution in [3.63, 3.8) is 0 Å². The van der Waals surface area contributed by atoms with Crippen LogP contribution in [0.2, 0.25) is 0 Å². The molecule has 0 radical (unpaired) electrons. The summed E-state index contributed by atoms with van der Waals surface area (Å²) in [6, 6.07) is 0.318. The van der Waals surface area contributed by atoms with Crippen molar-refractivity contribution >= 4 is 11.7 Å². The van der Waals surface area contributed by atoms with E-state index in [1.807, 2.05) is 4.90 Å². The molecule has 2 aliphatic rings. The third-order valence-corrected chi connectivity index (χ3v) is 4.82. The van der Waals surface area contributed by atoms with Gasteiger partial charge in [0.1, 0.15) is 5.41 Å². The van der Waals surface area contributed by atoms with Gasteiger partial charge in [-0.15, -0.1) is 0 Å². The number of carbonyl (C=O) groups excluding carboxylic acids is 1. The summed E-state index contributed by atoms with van der Waals surface area (Å²) in [6.07, 6.45) is 7.92. The Kier molecular flexibility index (Phi) is 4.32. The Morgan fingerprint density at radius 3 is 2.63 bits per heavy atom. The molecule has 0 bridgehead atoms. The molecule has 1 amide bonds. The minimum atomic E-state index is -0.716. The second-order valence-electron chi connectivity index (χ2n) is 5.83. The van der Waals surface area contributed by atoms with E-state index in [1.165, 1.54) is 12.8 Å². The molecule has 0 aromatic heterocycles. The van der Waals surface area contributed by atoms with Crippen LogP contribution in [0.1, 0.15) is 58.3 Å². The topological polar surface area (TPSA) is 78.9 Å². The lowest BCUT2D eigenvalue weighted by Crippen LogP contribution is -2.57. The van der Waals surface area contributed by atoms with Crippen LogP contribution in [0.25, 0.3) is 0 Å². The van der Waals surface area contributed by atoms with E-state index in [4.69, 9.17) is 10.9 Å². The van der Waals surface area contributed by atoms with Crippen molar-refractivity contribution < 1.29 is 10.0 Å². The Labute approximate surface area is 114 Å². The summed E-state index contributed by atoms with van der Waals surface area (Å²) in [4.78, 5) is 14.9. The maximum atomic E-state index is 12.9. The van der Waals surface area contributed by atoms with E-state index in [0.29, 0.717) is 18.9 Å². The van der Waals surface area contributed by atoms with Crippen LogP contribution >= 0.6 is 0 Å². The van der Waals surface area contributed by atoms with Gasteiger partial charge >= 0.3 is 0 Å². The fourth-order valence-electron chi connectivity index (χ4n) is 3.35. The van der Waals surface area contributed by atoms with E-state index in [-0.39, 0.29) is 11.7 Å². The number of nitrogens with zero attached hydrogens (tertiary/aromatic N) is 2. The number of oxime groups is 1. The van der Waals surface area contributed by atoms with Crippen molar-refractivity contribution in [2.45, 2.75) is 64.3 Å². The van der Waals surface area contributed by atoms with Crippen LogP contribution in [0, 0.1) is 5.41 Å². The molecule has 1 unspecified atom stereocenters. The first kappa shape index (κ1) is 14.2. The number of hydrogen-bond donors (Lipinski definition) is 2. The van der Waals surface area contributed by atoms with E-state index in [0.717, 1.165) is 32.2 Å². The van der Waals surface area contributed by atoms with E-state index in [2.05, 4.69) is 12.1 Å². The molecule has 2 fully saturated rings. The van der Waals surface area contributed by atoms with Gasteiger partial charge in [0, 0.05) is 12.6 Å². The monoisotopic (exact) mass is 267 g/mol. The van der Waals surface area contributed by atoms with Gasteiger partial charge in [0.15, 0.2) is 5.84 Å². The largest absolute Gasteiger partial charge is 0.409 e. The number of hydrogen-bond acceptors (Lipinski definition) is 3. The lowest BCUT2D eigenvalue weighted by atomic mass is 9.66. The molecule has 0 aromatic rings. The van der Waals surface area contributed by atoms with E-state index in [9.17, 15) is 4.79 Å². The molecule has 1 saturated carbocycles. The van der Waals surface area contributed by atoms with Gasteiger partial charge in [0.2, 0.25) is 5.91 Å². The highest BCUT2D eigenvalue weighted by atomic mass is 16.4. The SMILES string of the molecule is CCC1CCCCCN1C(=O)C1(C(N)=NO)CCC1. The molecule has 1 atom stereocenters. The molecule has 1 heterocycles. The van der Waals surface area contributed by atoms with E-state index >= 15 is 0 Å². The van der Waals surface area contributed by atoms with Gasteiger partial charge in [-0.05, 0) is 32.1 Å². The smallest absolute Gasteiger partial charge is 0.236 e. The fourth-order valence-corrected chi connectivity index (χ4v) is 3.35. The number of amidine groups is 1. The normalized spacial score (nSPS) is 27.5. The van der Waals surface area contributed by atoms with Crippen LogP contribution in [0.5, 0.6) is 0 Å². The highest BCUT2D eigenvalue weighted by molar-refractivity contribution is 6.07. The van der Waals surface area contributed by atoms with Crippen LogP contribution in [0.4, 0.5) is 0 Å². The predicted octanol–water partition coefficient (Wildman–Crippen LogP) is 2.08. The molecular formula is C14H25N3O2. The third kappa shape index (κ3) is 2.42. The summed E-state index contributed by atoms with van der Waals surface area (Å²) in [5.41, 5.74) is 5.08. The van der Waals surface area contributed by atoms with Gasteiger partial charge in [-0.2, -0.15) is 0 Å². The molecule has 0 aromatic carbocycles. The first-order valence-corrected chi connectivity index (χ1v) is 7.45. The number of carbonyl (C=O) groups is 1. The Bertz CT molecular complexity index is 364. The minimum absolute atomic E-state index is 0.0859. The zero-order valence-electron chi connectivity index (χ0n) is 11.8. The lowest BCUT2D eigenvalue weighted by Gasteiger charge is -2.44. The molecule has 1 aliphatic carbocycles. The molecule has 5 nitrogen and oxygen atoms in total. The summed E-state index contributed by atoms with van der Waals surface area (Å²) >= 11 is 0. The lowest BCUT2D eigenvalue weighted by molar-refractivity contribution is -0.144. The number of nitrogens with two attached hydrogens (primary N) is 1. The van der Waals surface area contributed by atoms with Crippen LogP contribution in [-0.4, -0.2) is 34.4 Å². The molecule has 19 heavy (non-hydrogen) atoms. The second kappa shape index (κ2) is 5.80. The van der Waals surface area contributed by atoms with Crippen LogP contribution < -0.4 is 5.73 Å². The molecule has 0 spiro atoms. The summed E-state index contributed by atoms with van der Waals surface area (Å²) in [6.45, 7) is 2.95. The Morgan fingerprint density at radius 1 is 1.37 bits per heavy atom. The van der Waals surface area contributed by atoms with Gasteiger partial charge in [0.05, 0.1) is 0 Å². The van der Waals surface area contributed by atoms with Crippen molar-refractivity contribution in [3.8, 4) is 0 Å². The summed E-state index contributed by atoms with van der Waals surface area (Å²) in [5.74, 6) is 0.186. The standard InChI is InChI=1S/C14H25N3O2/c1-2-11-7-4-3-5-10-17(11)13(18)14(8-6-9-14)12(15)16-19/h11,19H,2-10H2,1H3,(H2,15,16). The van der Waals surface area contributed by atoms with E-state index < -0.39 is 5.41 Å². The first-order valence-electron chi connectivity index (χ1n) is 7.45.